The molecule has 13 rings (SSSR count). The van der Waals surface area contributed by atoms with E-state index in [1.165, 1.54) is 115 Å². The highest BCUT2D eigenvalue weighted by molar-refractivity contribution is 6.25. The molecule has 4 nitrogen and oxygen atoms in total. The molecule has 9 aromatic carbocycles. The normalized spacial score (nSPS) is 19.2. The Morgan fingerprint density at radius 3 is 1.76 bits per heavy atom. The van der Waals surface area contributed by atoms with Gasteiger partial charge >= 0.3 is 0 Å². The van der Waals surface area contributed by atoms with Gasteiger partial charge in [0, 0.05) is 12.0 Å². The second-order valence-corrected chi connectivity index (χ2v) is 19.0. The fraction of sp³-hybridized carbons (Fsp3) is 0.254. The Balaban J connectivity index is 0.962. The van der Waals surface area contributed by atoms with Gasteiger partial charge in [0.05, 0.1) is 33.0 Å². The highest BCUT2D eigenvalue weighted by Crippen LogP contribution is 2.55. The molecule has 4 heteroatoms. The average molecular weight is 823 g/mol. The van der Waals surface area contributed by atoms with Gasteiger partial charge in [-0.1, -0.05) is 141 Å². The van der Waals surface area contributed by atoms with Crippen LogP contribution in [0.4, 0.5) is 0 Å². The van der Waals surface area contributed by atoms with E-state index in [4.69, 9.17) is 18.9 Å². The molecule has 0 aromatic heterocycles. The van der Waals surface area contributed by atoms with E-state index >= 15 is 0 Å². The molecular formula is C59H50O4. The number of ether oxygens (including phenoxy) is 4. The van der Waals surface area contributed by atoms with Crippen LogP contribution in [0.1, 0.15) is 43.4 Å². The number of fused-ring (bicyclic) bond motifs is 6. The largest absolute Gasteiger partial charge is 0.379 e. The lowest BCUT2D eigenvalue weighted by atomic mass is 9.74. The Kier molecular flexibility index (Phi) is 8.72. The van der Waals surface area contributed by atoms with Crippen LogP contribution >= 0.6 is 0 Å². The van der Waals surface area contributed by atoms with Crippen LogP contribution in [0.25, 0.3) is 98.7 Å². The molecule has 2 heterocycles. The van der Waals surface area contributed by atoms with Crippen molar-refractivity contribution in [2.24, 2.45) is 5.92 Å². The minimum atomic E-state index is -0.396. The molecule has 4 aliphatic rings. The molecule has 0 spiro atoms. The SMILES string of the molecule is CC(C)Cc1cc2ccc3ccc(-c4ccc5c(c4)C(CCCOCC4CO4)(COCC4CO4)c4cc(-c6ccc7c8c(cccc68)-c6ccccc6-7)ccc4-5)c4ccc(c1)c2c34. The second kappa shape index (κ2) is 14.6. The third-order valence-electron chi connectivity index (χ3n) is 14.5. The van der Waals surface area contributed by atoms with Crippen LogP contribution in [0.3, 0.4) is 0 Å². The van der Waals surface area contributed by atoms with Crippen molar-refractivity contribution in [1.29, 1.82) is 0 Å². The lowest BCUT2D eigenvalue weighted by Gasteiger charge is -2.33. The summed E-state index contributed by atoms with van der Waals surface area (Å²) in [6.07, 6.45) is 3.31. The summed E-state index contributed by atoms with van der Waals surface area (Å²) in [7, 11) is 0. The van der Waals surface area contributed by atoms with Gasteiger partial charge in [-0.3, -0.25) is 0 Å². The number of benzene rings is 9. The molecule has 2 aliphatic heterocycles. The summed E-state index contributed by atoms with van der Waals surface area (Å²) < 4.78 is 24.2. The van der Waals surface area contributed by atoms with E-state index in [1.807, 2.05) is 0 Å². The fourth-order valence-corrected chi connectivity index (χ4v) is 11.5. The summed E-state index contributed by atoms with van der Waals surface area (Å²) in [6.45, 7) is 8.70. The zero-order valence-corrected chi connectivity index (χ0v) is 36.0. The van der Waals surface area contributed by atoms with Crippen LogP contribution in [-0.2, 0) is 30.8 Å². The van der Waals surface area contributed by atoms with Crippen LogP contribution in [0.5, 0.6) is 0 Å². The molecule has 0 saturated carbocycles. The average Bonchev–Trinajstić information content (AvgIpc) is 4.26. The predicted molar refractivity (Wildman–Crippen MR) is 258 cm³/mol. The van der Waals surface area contributed by atoms with Gasteiger partial charge in [0.1, 0.15) is 12.2 Å². The van der Waals surface area contributed by atoms with Gasteiger partial charge in [-0.05, 0) is 153 Å². The maximum Gasteiger partial charge on any atom is 0.104 e. The van der Waals surface area contributed by atoms with Crippen LogP contribution < -0.4 is 0 Å². The maximum atomic E-state index is 6.80. The van der Waals surface area contributed by atoms with E-state index in [9.17, 15) is 0 Å². The van der Waals surface area contributed by atoms with Crippen LogP contribution in [0.2, 0.25) is 0 Å². The Hall–Kier alpha value is -5.88. The monoisotopic (exact) mass is 822 g/mol. The molecule has 0 amide bonds. The topological polar surface area (TPSA) is 43.5 Å². The van der Waals surface area contributed by atoms with Gasteiger partial charge in [0.25, 0.3) is 0 Å². The number of hydrogen-bond acceptors (Lipinski definition) is 4. The van der Waals surface area contributed by atoms with Crippen molar-refractivity contribution < 1.29 is 18.9 Å². The summed E-state index contributed by atoms with van der Waals surface area (Å²) in [5.41, 5.74) is 16.6. The molecule has 3 unspecified atom stereocenters. The maximum absolute atomic E-state index is 6.80. The first-order valence-electron chi connectivity index (χ1n) is 23.1. The van der Waals surface area contributed by atoms with Crippen molar-refractivity contribution in [3.8, 4) is 55.6 Å². The summed E-state index contributed by atoms with van der Waals surface area (Å²) in [5, 5.41) is 10.6. The van der Waals surface area contributed by atoms with Gasteiger partial charge < -0.3 is 18.9 Å². The van der Waals surface area contributed by atoms with Gasteiger partial charge in [0.15, 0.2) is 0 Å². The number of hydrogen-bond donors (Lipinski definition) is 0. The smallest absolute Gasteiger partial charge is 0.104 e. The summed E-state index contributed by atoms with van der Waals surface area (Å²) >= 11 is 0. The van der Waals surface area contributed by atoms with E-state index < -0.39 is 5.41 Å². The van der Waals surface area contributed by atoms with Crippen LogP contribution in [0.15, 0.2) is 140 Å². The molecule has 63 heavy (non-hydrogen) atoms. The zero-order valence-electron chi connectivity index (χ0n) is 36.0. The highest BCUT2D eigenvalue weighted by Gasteiger charge is 2.44. The minimum Gasteiger partial charge on any atom is -0.379 e. The van der Waals surface area contributed by atoms with Gasteiger partial charge in [-0.15, -0.1) is 0 Å². The van der Waals surface area contributed by atoms with Crippen molar-refractivity contribution in [1.82, 2.24) is 0 Å². The lowest BCUT2D eigenvalue weighted by molar-refractivity contribution is 0.0714. The lowest BCUT2D eigenvalue weighted by Crippen LogP contribution is -2.32. The highest BCUT2D eigenvalue weighted by atomic mass is 16.6. The zero-order chi connectivity index (χ0) is 41.8. The van der Waals surface area contributed by atoms with E-state index in [-0.39, 0.29) is 12.2 Å². The fourth-order valence-electron chi connectivity index (χ4n) is 11.5. The molecular weight excluding hydrogens is 773 g/mol. The Labute approximate surface area is 368 Å². The Morgan fingerprint density at radius 1 is 0.524 bits per heavy atom. The molecule has 2 saturated heterocycles. The third kappa shape index (κ3) is 6.18. The summed E-state index contributed by atoms with van der Waals surface area (Å²) in [4.78, 5) is 0. The second-order valence-electron chi connectivity index (χ2n) is 19.0. The van der Waals surface area contributed by atoms with E-state index in [0.29, 0.717) is 32.3 Å². The number of rotatable bonds is 14. The van der Waals surface area contributed by atoms with E-state index in [0.717, 1.165) is 32.5 Å². The first-order chi connectivity index (χ1) is 31.0. The van der Waals surface area contributed by atoms with Crippen LogP contribution in [-0.4, -0.2) is 51.8 Å². The molecule has 9 aromatic rings. The molecule has 0 bridgehead atoms. The minimum absolute atomic E-state index is 0.179. The molecule has 2 fully saturated rings. The van der Waals surface area contributed by atoms with Gasteiger partial charge in [-0.2, -0.15) is 0 Å². The molecule has 0 N–H and O–H groups in total. The molecule has 3 atom stereocenters. The van der Waals surface area contributed by atoms with Crippen molar-refractivity contribution in [3.05, 3.63) is 156 Å². The first kappa shape index (κ1) is 37.7. The van der Waals surface area contributed by atoms with Gasteiger partial charge in [-0.25, -0.2) is 0 Å². The first-order valence-corrected chi connectivity index (χ1v) is 23.1. The van der Waals surface area contributed by atoms with Crippen molar-refractivity contribution >= 4 is 43.1 Å². The van der Waals surface area contributed by atoms with Crippen LogP contribution in [0, 0.1) is 5.92 Å². The van der Waals surface area contributed by atoms with Crippen molar-refractivity contribution in [3.63, 3.8) is 0 Å². The van der Waals surface area contributed by atoms with E-state index in [1.54, 1.807) is 0 Å². The Morgan fingerprint density at radius 2 is 1.08 bits per heavy atom. The van der Waals surface area contributed by atoms with Crippen molar-refractivity contribution in [2.75, 3.05) is 39.6 Å². The van der Waals surface area contributed by atoms with E-state index in [2.05, 4.69) is 153 Å². The summed E-state index contributed by atoms with van der Waals surface area (Å²) in [5.74, 6) is 0.611. The summed E-state index contributed by atoms with van der Waals surface area (Å²) in [6, 6.07) is 53.7. The number of epoxide rings is 2. The van der Waals surface area contributed by atoms with Crippen molar-refractivity contribution in [2.45, 2.75) is 50.7 Å². The quantitative estimate of drug-likeness (QED) is 0.0622. The molecule has 310 valence electrons. The Bertz CT molecular complexity index is 3230. The van der Waals surface area contributed by atoms with Gasteiger partial charge in [0.2, 0.25) is 0 Å². The standard InChI is InChI=1S/C59H50O4/c1-35(2)25-36-26-40-12-11-37-13-17-44(52-20-16-41(27-36)56(40)57(37)52)38-14-18-48-49-19-15-39(45-21-22-53-47-8-4-3-7-46(47)51-10-5-9-50(45)58(51)53)29-55(49)59(54(48)28-38,34-61-31-43-33-63-43)23-6-24-60-30-42-32-62-42/h3-5,7-22,26-29,35,42-43H,6,23-25,30-34H2,1-2H3. The predicted octanol–water partition coefficient (Wildman–Crippen LogP) is 13.8. The molecule has 2 aliphatic carbocycles. The third-order valence-corrected chi connectivity index (χ3v) is 14.5. The molecule has 0 radical (unpaired) electrons.